The van der Waals surface area contributed by atoms with Crippen LogP contribution in [0.15, 0.2) is 18.2 Å². The van der Waals surface area contributed by atoms with Gasteiger partial charge >= 0.3 is 6.57 Å². The fraction of sp³-hybridized carbons (Fsp3) is 0.500. The van der Waals surface area contributed by atoms with Gasteiger partial charge in [0.1, 0.15) is 5.75 Å². The number of ketones is 1. The van der Waals surface area contributed by atoms with Crippen molar-refractivity contribution in [3.05, 3.63) is 29.3 Å². The molecule has 1 aliphatic rings. The van der Waals surface area contributed by atoms with Gasteiger partial charge in [-0.2, -0.15) is 0 Å². The summed E-state index contributed by atoms with van der Waals surface area (Å²) < 4.78 is 18.4. The average Bonchev–Trinajstić information content (AvgIpc) is 2.79. The topological polar surface area (TPSA) is 43.4 Å². The maximum absolute atomic E-state index is 12.6. The summed E-state index contributed by atoms with van der Waals surface area (Å²) in [5.41, 5.74) is 1.67. The first-order valence-corrected chi connectivity index (χ1v) is 10.1. The highest BCUT2D eigenvalue weighted by Crippen LogP contribution is 2.59. The highest BCUT2D eigenvalue weighted by molar-refractivity contribution is 8.56. The minimum Gasteiger partial charge on any atom is -0.435 e. The Hall–Kier alpha value is -0.730. The Labute approximate surface area is 118 Å². The van der Waals surface area contributed by atoms with E-state index in [0.29, 0.717) is 23.9 Å². The van der Waals surface area contributed by atoms with Crippen LogP contribution >= 0.6 is 18.0 Å². The molecule has 0 fully saturated rings. The minimum absolute atomic E-state index is 0.105. The van der Waals surface area contributed by atoms with E-state index in [9.17, 15) is 9.36 Å². The van der Waals surface area contributed by atoms with E-state index in [-0.39, 0.29) is 5.78 Å². The molecule has 0 saturated carbocycles. The lowest BCUT2D eigenvalue weighted by atomic mass is 10.1. The Morgan fingerprint density at radius 1 is 1.32 bits per heavy atom. The Bertz CT molecular complexity index is 527. The molecule has 3 nitrogen and oxygen atoms in total. The number of benzene rings is 1. The number of hydrogen-bond donors (Lipinski definition) is 0. The molecule has 1 aromatic rings. The molecule has 0 radical (unpaired) electrons. The molecule has 1 unspecified atom stereocenters. The standard InChI is InChI=1S/C14H19O3PS/c1-3-10-19-18(16,4-2)17-13-7-5-6-11-8-9-12(15)14(11)13/h5-7H,3-4,8-10H2,1-2H3. The number of carbonyl (C=O) groups is 1. The molecular weight excluding hydrogens is 279 g/mol. The number of fused-ring (bicyclic) bond motifs is 1. The molecule has 1 atom stereocenters. The highest BCUT2D eigenvalue weighted by Gasteiger charge is 2.28. The predicted octanol–water partition coefficient (Wildman–Crippen LogP) is 4.55. The number of aryl methyl sites for hydroxylation is 1. The van der Waals surface area contributed by atoms with Crippen LogP contribution in [0.1, 0.15) is 42.6 Å². The van der Waals surface area contributed by atoms with Gasteiger partial charge in [-0.3, -0.25) is 9.36 Å². The first kappa shape index (κ1) is 14.7. The molecule has 0 heterocycles. The zero-order valence-corrected chi connectivity index (χ0v) is 13.1. The number of carbonyl (C=O) groups excluding carboxylic acids is 1. The minimum atomic E-state index is -2.73. The zero-order chi connectivity index (χ0) is 13.9. The fourth-order valence-corrected chi connectivity index (χ4v) is 5.72. The lowest BCUT2D eigenvalue weighted by Crippen LogP contribution is -2.00. The molecule has 19 heavy (non-hydrogen) atoms. The Balaban J connectivity index is 2.26. The maximum atomic E-state index is 12.6. The normalized spacial score (nSPS) is 17.1. The van der Waals surface area contributed by atoms with E-state index >= 15 is 0 Å². The summed E-state index contributed by atoms with van der Waals surface area (Å²) in [6.45, 7) is 1.19. The Kier molecular flexibility index (Phi) is 4.75. The van der Waals surface area contributed by atoms with Crippen molar-refractivity contribution in [3.8, 4) is 5.75 Å². The average molecular weight is 298 g/mol. The molecule has 0 aromatic heterocycles. The molecule has 0 saturated heterocycles. The van der Waals surface area contributed by atoms with Gasteiger partial charge in [0, 0.05) is 18.3 Å². The third-order valence-electron chi connectivity index (χ3n) is 3.13. The van der Waals surface area contributed by atoms with Crippen molar-refractivity contribution in [2.24, 2.45) is 0 Å². The van der Waals surface area contributed by atoms with Gasteiger partial charge in [0.05, 0.1) is 5.56 Å². The number of hydrogen-bond acceptors (Lipinski definition) is 4. The van der Waals surface area contributed by atoms with Gasteiger partial charge in [0.25, 0.3) is 0 Å². The summed E-state index contributed by atoms with van der Waals surface area (Å²) in [5.74, 6) is 1.43. The van der Waals surface area contributed by atoms with Crippen LogP contribution in [0.25, 0.3) is 0 Å². The summed E-state index contributed by atoms with van der Waals surface area (Å²) >= 11 is 1.39. The molecule has 0 amide bonds. The summed E-state index contributed by atoms with van der Waals surface area (Å²) in [7, 11) is 0. The second kappa shape index (κ2) is 6.15. The SMILES string of the molecule is CCCSP(=O)(CC)Oc1cccc2c1C(=O)CC2. The zero-order valence-electron chi connectivity index (χ0n) is 11.3. The molecule has 0 aliphatic heterocycles. The first-order valence-electron chi connectivity index (χ1n) is 6.68. The molecule has 0 N–H and O–H groups in total. The lowest BCUT2D eigenvalue weighted by Gasteiger charge is -2.18. The van der Waals surface area contributed by atoms with Crippen molar-refractivity contribution in [3.63, 3.8) is 0 Å². The van der Waals surface area contributed by atoms with Gasteiger partial charge in [-0.25, -0.2) is 0 Å². The van der Waals surface area contributed by atoms with Crippen LogP contribution in [0.3, 0.4) is 0 Å². The van der Waals surface area contributed by atoms with Crippen molar-refractivity contribution in [2.45, 2.75) is 33.1 Å². The van der Waals surface area contributed by atoms with Gasteiger partial charge in [0.15, 0.2) is 5.78 Å². The van der Waals surface area contributed by atoms with E-state index in [0.717, 1.165) is 24.2 Å². The molecule has 0 bridgehead atoms. The quantitative estimate of drug-likeness (QED) is 0.723. The van der Waals surface area contributed by atoms with E-state index in [1.807, 2.05) is 19.1 Å². The van der Waals surface area contributed by atoms with E-state index in [1.165, 1.54) is 11.4 Å². The fourth-order valence-electron chi connectivity index (χ4n) is 2.11. The third-order valence-corrected chi connectivity index (χ3v) is 8.09. The molecule has 1 aromatic carbocycles. The molecule has 0 spiro atoms. The van der Waals surface area contributed by atoms with Crippen molar-refractivity contribution in [2.75, 3.05) is 11.9 Å². The van der Waals surface area contributed by atoms with E-state index in [4.69, 9.17) is 4.52 Å². The van der Waals surface area contributed by atoms with Crippen molar-refractivity contribution in [1.82, 2.24) is 0 Å². The van der Waals surface area contributed by atoms with Crippen LogP contribution in [-0.4, -0.2) is 17.7 Å². The van der Waals surface area contributed by atoms with Gasteiger partial charge in [-0.15, -0.1) is 0 Å². The second-order valence-corrected chi connectivity index (χ2v) is 9.71. The first-order chi connectivity index (χ1) is 9.09. The maximum Gasteiger partial charge on any atom is 0.303 e. The van der Waals surface area contributed by atoms with Crippen LogP contribution in [0.4, 0.5) is 0 Å². The highest BCUT2D eigenvalue weighted by atomic mass is 32.7. The van der Waals surface area contributed by atoms with Crippen LogP contribution in [-0.2, 0) is 11.0 Å². The van der Waals surface area contributed by atoms with Gasteiger partial charge < -0.3 is 4.52 Å². The Morgan fingerprint density at radius 3 is 2.79 bits per heavy atom. The summed E-state index contributed by atoms with van der Waals surface area (Å²) in [4.78, 5) is 11.9. The van der Waals surface area contributed by atoms with Gasteiger partial charge in [-0.05, 0) is 24.5 Å². The Morgan fingerprint density at radius 2 is 2.11 bits per heavy atom. The summed E-state index contributed by atoms with van der Waals surface area (Å²) in [6.07, 6.45) is 2.75. The van der Waals surface area contributed by atoms with Crippen LogP contribution in [0.2, 0.25) is 0 Å². The monoisotopic (exact) mass is 298 g/mol. The molecular formula is C14H19O3PS. The summed E-state index contributed by atoms with van der Waals surface area (Å²) in [6, 6.07) is 5.58. The van der Waals surface area contributed by atoms with Gasteiger partial charge in [0.2, 0.25) is 0 Å². The van der Waals surface area contributed by atoms with Crippen LogP contribution in [0.5, 0.6) is 5.75 Å². The molecule has 2 rings (SSSR count). The molecule has 1 aliphatic carbocycles. The predicted molar refractivity (Wildman–Crippen MR) is 80.6 cm³/mol. The van der Waals surface area contributed by atoms with E-state index in [2.05, 4.69) is 6.92 Å². The lowest BCUT2D eigenvalue weighted by molar-refractivity contribution is 0.0993. The summed E-state index contributed by atoms with van der Waals surface area (Å²) in [5, 5.41) is 0. The van der Waals surface area contributed by atoms with Crippen LogP contribution < -0.4 is 4.52 Å². The van der Waals surface area contributed by atoms with Gasteiger partial charge in [-0.1, -0.05) is 37.4 Å². The molecule has 104 valence electrons. The van der Waals surface area contributed by atoms with E-state index in [1.54, 1.807) is 6.07 Å². The smallest absolute Gasteiger partial charge is 0.303 e. The van der Waals surface area contributed by atoms with Crippen LogP contribution in [0, 0.1) is 0 Å². The number of rotatable bonds is 6. The van der Waals surface area contributed by atoms with Crippen molar-refractivity contribution >= 4 is 23.7 Å². The largest absolute Gasteiger partial charge is 0.435 e. The number of Topliss-reactive ketones (excluding diaryl/α,β-unsaturated/α-hetero) is 1. The van der Waals surface area contributed by atoms with E-state index < -0.39 is 6.57 Å². The molecule has 5 heteroatoms. The van der Waals surface area contributed by atoms with Crippen molar-refractivity contribution < 1.29 is 13.9 Å². The second-order valence-electron chi connectivity index (χ2n) is 4.57. The van der Waals surface area contributed by atoms with Crippen molar-refractivity contribution in [1.29, 1.82) is 0 Å². The third kappa shape index (κ3) is 3.24.